The van der Waals surface area contributed by atoms with Gasteiger partial charge in [-0.1, -0.05) is 33.1 Å². The number of nitrogens with one attached hydrogen (secondary N) is 2. The molecule has 7 heteroatoms. The third-order valence-corrected chi connectivity index (χ3v) is 5.56. The van der Waals surface area contributed by atoms with Crippen molar-refractivity contribution in [3.05, 3.63) is 29.3 Å². The van der Waals surface area contributed by atoms with Crippen molar-refractivity contribution in [1.82, 2.24) is 10.6 Å². The first-order chi connectivity index (χ1) is 15.3. The molecule has 1 atom stereocenters. The van der Waals surface area contributed by atoms with Crippen molar-refractivity contribution in [2.24, 2.45) is 5.92 Å². The smallest absolute Gasteiger partial charge is 0.251 e. The molecule has 1 aliphatic heterocycles. The molecule has 0 fully saturated rings. The first kappa shape index (κ1) is 26.3. The largest absolute Gasteiger partial charge is 0.389 e. The average Bonchev–Trinajstić information content (AvgIpc) is 2.75. The van der Waals surface area contributed by atoms with Gasteiger partial charge in [0.2, 0.25) is 5.91 Å². The van der Waals surface area contributed by atoms with Crippen LogP contribution in [-0.2, 0) is 16.1 Å². The van der Waals surface area contributed by atoms with Gasteiger partial charge in [-0.05, 0) is 57.0 Å². The molecule has 1 unspecified atom stereocenters. The monoisotopic (exact) mass is 447 g/mol. The molecule has 0 radical (unpaired) electrons. The number of aliphatic hydroxyl groups is 1. The Balaban J connectivity index is 2.19. The highest BCUT2D eigenvalue weighted by Crippen LogP contribution is 2.25. The van der Waals surface area contributed by atoms with Gasteiger partial charge in [-0.15, -0.1) is 0 Å². The van der Waals surface area contributed by atoms with E-state index in [4.69, 9.17) is 4.74 Å². The van der Waals surface area contributed by atoms with Crippen molar-refractivity contribution in [1.29, 1.82) is 0 Å². The number of carbonyl (C=O) groups is 2. The summed E-state index contributed by atoms with van der Waals surface area (Å²) in [5.41, 5.74) is 2.33. The first-order valence-corrected chi connectivity index (χ1v) is 12.0. The third-order valence-electron chi connectivity index (χ3n) is 5.56. The Kier molecular flexibility index (Phi) is 11.1. The van der Waals surface area contributed by atoms with E-state index in [2.05, 4.69) is 10.6 Å². The number of aliphatic hydroxyl groups excluding tert-OH is 1. The quantitative estimate of drug-likeness (QED) is 0.597. The SMILES string of the molecule is CC(C)OCC(O)CNC(=O)c1ccc2c(c1)CNCCCCCCCN2C(=O)C(C)C. The van der Waals surface area contributed by atoms with E-state index in [0.717, 1.165) is 37.1 Å². The van der Waals surface area contributed by atoms with E-state index in [1.165, 1.54) is 12.8 Å². The Labute approximate surface area is 192 Å². The number of benzene rings is 1. The average molecular weight is 448 g/mol. The predicted molar refractivity (Wildman–Crippen MR) is 128 cm³/mol. The molecule has 2 rings (SSSR count). The van der Waals surface area contributed by atoms with E-state index < -0.39 is 6.10 Å². The molecule has 2 amide bonds. The maximum atomic E-state index is 13.0. The molecule has 1 aromatic carbocycles. The summed E-state index contributed by atoms with van der Waals surface area (Å²) < 4.78 is 5.39. The third kappa shape index (κ3) is 8.52. The van der Waals surface area contributed by atoms with E-state index in [1.54, 1.807) is 6.07 Å². The number of ether oxygens (including phenoxy) is 1. The van der Waals surface area contributed by atoms with Crippen molar-refractivity contribution in [3.8, 4) is 0 Å². The van der Waals surface area contributed by atoms with Gasteiger partial charge >= 0.3 is 0 Å². The van der Waals surface area contributed by atoms with Gasteiger partial charge in [-0.3, -0.25) is 9.59 Å². The number of hydrogen-bond donors (Lipinski definition) is 3. The van der Waals surface area contributed by atoms with Crippen LogP contribution in [0.5, 0.6) is 0 Å². The number of nitrogens with zero attached hydrogens (tertiary/aromatic N) is 1. The van der Waals surface area contributed by atoms with E-state index in [1.807, 2.05) is 44.7 Å². The fourth-order valence-electron chi connectivity index (χ4n) is 3.74. The molecule has 3 N–H and O–H groups in total. The number of hydrogen-bond acceptors (Lipinski definition) is 5. The van der Waals surface area contributed by atoms with Gasteiger partial charge in [-0.25, -0.2) is 0 Å². The van der Waals surface area contributed by atoms with Crippen molar-refractivity contribution in [3.63, 3.8) is 0 Å². The molecule has 0 spiro atoms. The van der Waals surface area contributed by atoms with Crippen molar-refractivity contribution in [2.45, 2.75) is 78.6 Å². The van der Waals surface area contributed by atoms with E-state index in [9.17, 15) is 14.7 Å². The summed E-state index contributed by atoms with van der Waals surface area (Å²) in [4.78, 5) is 27.6. The van der Waals surface area contributed by atoms with Gasteiger partial charge < -0.3 is 25.4 Å². The zero-order valence-electron chi connectivity index (χ0n) is 20.2. The molecular formula is C25H41N3O4. The van der Waals surface area contributed by atoms with Crippen molar-refractivity contribution < 1.29 is 19.4 Å². The maximum absolute atomic E-state index is 13.0. The lowest BCUT2D eigenvalue weighted by Crippen LogP contribution is -2.37. The van der Waals surface area contributed by atoms with Crippen LogP contribution < -0.4 is 15.5 Å². The van der Waals surface area contributed by atoms with Crippen LogP contribution in [0.15, 0.2) is 18.2 Å². The fourth-order valence-corrected chi connectivity index (χ4v) is 3.74. The highest BCUT2D eigenvalue weighted by molar-refractivity contribution is 5.98. The highest BCUT2D eigenvalue weighted by Gasteiger charge is 2.22. The van der Waals surface area contributed by atoms with E-state index >= 15 is 0 Å². The summed E-state index contributed by atoms with van der Waals surface area (Å²) in [7, 11) is 0. The summed E-state index contributed by atoms with van der Waals surface area (Å²) in [5.74, 6) is -0.237. The molecular weight excluding hydrogens is 406 g/mol. The lowest BCUT2D eigenvalue weighted by atomic mass is 10.0. The van der Waals surface area contributed by atoms with Gasteiger partial charge in [0, 0.05) is 36.8 Å². The molecule has 1 heterocycles. The van der Waals surface area contributed by atoms with Gasteiger partial charge in [0.1, 0.15) is 0 Å². The fraction of sp³-hybridized carbons (Fsp3) is 0.680. The number of fused-ring (bicyclic) bond motifs is 1. The Bertz CT molecular complexity index is 736. The van der Waals surface area contributed by atoms with Crippen molar-refractivity contribution >= 4 is 17.5 Å². The van der Waals surface area contributed by atoms with Crippen LogP contribution in [0.2, 0.25) is 0 Å². The topological polar surface area (TPSA) is 90.9 Å². The van der Waals surface area contributed by atoms with Gasteiger partial charge in [-0.2, -0.15) is 0 Å². The molecule has 32 heavy (non-hydrogen) atoms. The number of carbonyl (C=O) groups excluding carboxylic acids is 2. The van der Waals surface area contributed by atoms with Crippen LogP contribution in [-0.4, -0.2) is 55.4 Å². The normalized spacial score (nSPS) is 16.8. The van der Waals surface area contributed by atoms with Crippen molar-refractivity contribution in [2.75, 3.05) is 31.1 Å². The lowest BCUT2D eigenvalue weighted by molar-refractivity contribution is -0.121. The second-order valence-electron chi connectivity index (χ2n) is 9.18. The van der Waals surface area contributed by atoms with Crippen LogP contribution >= 0.6 is 0 Å². The van der Waals surface area contributed by atoms with Crippen LogP contribution in [0.4, 0.5) is 5.69 Å². The lowest BCUT2D eigenvalue weighted by Gasteiger charge is -2.28. The number of rotatable bonds is 7. The van der Waals surface area contributed by atoms with Gasteiger partial charge in [0.25, 0.3) is 5.91 Å². The number of amides is 2. The van der Waals surface area contributed by atoms with Crippen LogP contribution in [0.1, 0.15) is 75.7 Å². The summed E-state index contributed by atoms with van der Waals surface area (Å²) in [5, 5.41) is 16.3. The minimum absolute atomic E-state index is 0.0276. The van der Waals surface area contributed by atoms with E-state index in [-0.39, 0.29) is 37.0 Å². The standard InChI is InChI=1S/C25H41N3O4/c1-18(2)25(31)28-13-9-7-5-6-8-12-26-15-21-14-20(10-11-23(21)28)24(30)27-16-22(29)17-32-19(3)4/h10-11,14,18-19,22,26,29H,5-9,12-13,15-17H2,1-4H3,(H,27,30). The molecule has 0 saturated carbocycles. The van der Waals surface area contributed by atoms with Crippen LogP contribution in [0.25, 0.3) is 0 Å². The van der Waals surface area contributed by atoms with Crippen LogP contribution in [0.3, 0.4) is 0 Å². The van der Waals surface area contributed by atoms with Gasteiger partial charge in [0.15, 0.2) is 0 Å². The minimum Gasteiger partial charge on any atom is -0.389 e. The minimum atomic E-state index is -0.758. The zero-order chi connectivity index (χ0) is 23.5. The molecule has 0 aliphatic carbocycles. The van der Waals surface area contributed by atoms with Gasteiger partial charge in [0.05, 0.1) is 18.8 Å². The first-order valence-electron chi connectivity index (χ1n) is 12.0. The Morgan fingerprint density at radius 3 is 2.56 bits per heavy atom. The Hall–Kier alpha value is -1.96. The second kappa shape index (κ2) is 13.6. The summed E-state index contributed by atoms with van der Waals surface area (Å²) >= 11 is 0. The summed E-state index contributed by atoms with van der Waals surface area (Å²) in [6.07, 6.45) is 4.85. The molecule has 7 nitrogen and oxygen atoms in total. The molecule has 180 valence electrons. The molecule has 0 aromatic heterocycles. The predicted octanol–water partition coefficient (Wildman–Crippen LogP) is 3.25. The highest BCUT2D eigenvalue weighted by atomic mass is 16.5. The molecule has 0 saturated heterocycles. The van der Waals surface area contributed by atoms with Crippen LogP contribution in [0, 0.1) is 5.92 Å². The molecule has 1 aromatic rings. The summed E-state index contributed by atoms with van der Waals surface area (Å²) in [6, 6.07) is 5.51. The number of anilines is 1. The molecule has 1 aliphatic rings. The van der Waals surface area contributed by atoms with E-state index in [0.29, 0.717) is 18.7 Å². The second-order valence-corrected chi connectivity index (χ2v) is 9.18. The molecule has 0 bridgehead atoms. The Morgan fingerprint density at radius 2 is 1.84 bits per heavy atom. The Morgan fingerprint density at radius 1 is 1.12 bits per heavy atom. The maximum Gasteiger partial charge on any atom is 0.251 e. The summed E-state index contributed by atoms with van der Waals surface area (Å²) in [6.45, 7) is 10.2. The zero-order valence-corrected chi connectivity index (χ0v) is 20.2.